The summed E-state index contributed by atoms with van der Waals surface area (Å²) in [7, 11) is 0. The zero-order valence-electron chi connectivity index (χ0n) is 10.5. The first-order valence-electron chi connectivity index (χ1n) is 5.98. The molecule has 0 radical (unpaired) electrons. The first-order chi connectivity index (χ1) is 6.49. The zero-order valence-corrected chi connectivity index (χ0v) is 10.5. The molecule has 0 unspecified atom stereocenters. The second kappa shape index (κ2) is 4.63. The molecule has 2 nitrogen and oxygen atoms in total. The third-order valence-corrected chi connectivity index (χ3v) is 3.35. The summed E-state index contributed by atoms with van der Waals surface area (Å²) in [5.74, 6) is 0. The summed E-state index contributed by atoms with van der Waals surface area (Å²) < 4.78 is 0. The van der Waals surface area contributed by atoms with Crippen molar-refractivity contribution < 1.29 is 0 Å². The van der Waals surface area contributed by atoms with Gasteiger partial charge in [-0.15, -0.1) is 0 Å². The Hall–Kier alpha value is -0.0800. The zero-order chi connectivity index (χ0) is 10.8. The van der Waals surface area contributed by atoms with Gasteiger partial charge in [-0.3, -0.25) is 4.90 Å². The van der Waals surface area contributed by atoms with Crippen molar-refractivity contribution in [1.29, 1.82) is 0 Å². The standard InChI is InChI=1S/C12H26N2/c1-6-11-10-13(7-2)8-9-14(11)12(3,4)5/h11H,6-10H2,1-5H3/t11-/m1/s1. The number of hydrogen-bond donors (Lipinski definition) is 0. The van der Waals surface area contributed by atoms with Gasteiger partial charge in [0.15, 0.2) is 0 Å². The van der Waals surface area contributed by atoms with Crippen molar-refractivity contribution in [3.05, 3.63) is 0 Å². The van der Waals surface area contributed by atoms with E-state index in [9.17, 15) is 0 Å². The van der Waals surface area contributed by atoms with Gasteiger partial charge >= 0.3 is 0 Å². The number of piperazine rings is 1. The van der Waals surface area contributed by atoms with Gasteiger partial charge in [0.25, 0.3) is 0 Å². The molecule has 0 spiro atoms. The quantitative estimate of drug-likeness (QED) is 0.671. The smallest absolute Gasteiger partial charge is 0.0226 e. The van der Waals surface area contributed by atoms with Crippen LogP contribution < -0.4 is 0 Å². The Bertz CT molecular complexity index is 172. The van der Waals surface area contributed by atoms with E-state index in [-0.39, 0.29) is 0 Å². The second-order valence-electron chi connectivity index (χ2n) is 5.32. The average Bonchev–Trinajstić information content (AvgIpc) is 2.15. The van der Waals surface area contributed by atoms with E-state index in [0.717, 1.165) is 6.04 Å². The highest BCUT2D eigenvalue weighted by atomic mass is 15.3. The van der Waals surface area contributed by atoms with E-state index >= 15 is 0 Å². The lowest BCUT2D eigenvalue weighted by molar-refractivity contribution is 0.0103. The minimum atomic E-state index is 0.334. The third kappa shape index (κ3) is 2.71. The summed E-state index contributed by atoms with van der Waals surface area (Å²) in [5.41, 5.74) is 0.334. The Morgan fingerprint density at radius 3 is 2.21 bits per heavy atom. The molecule has 1 fully saturated rings. The molecule has 1 aliphatic rings. The van der Waals surface area contributed by atoms with Gasteiger partial charge in [-0.25, -0.2) is 0 Å². The van der Waals surface area contributed by atoms with Crippen LogP contribution >= 0.6 is 0 Å². The van der Waals surface area contributed by atoms with Gasteiger partial charge in [-0.05, 0) is 33.7 Å². The van der Waals surface area contributed by atoms with Crippen LogP contribution in [0, 0.1) is 0 Å². The first-order valence-corrected chi connectivity index (χ1v) is 5.98. The molecule has 0 aliphatic carbocycles. The monoisotopic (exact) mass is 198 g/mol. The van der Waals surface area contributed by atoms with Gasteiger partial charge in [0.2, 0.25) is 0 Å². The molecule has 1 heterocycles. The van der Waals surface area contributed by atoms with Crippen molar-refractivity contribution in [1.82, 2.24) is 9.80 Å². The molecule has 0 saturated carbocycles. The predicted molar refractivity (Wildman–Crippen MR) is 62.7 cm³/mol. The van der Waals surface area contributed by atoms with Crippen LogP contribution in [0.5, 0.6) is 0 Å². The maximum absolute atomic E-state index is 2.67. The SMILES string of the molecule is CC[C@@H]1CN(CC)CCN1C(C)(C)C. The molecule has 14 heavy (non-hydrogen) atoms. The van der Waals surface area contributed by atoms with Crippen molar-refractivity contribution in [2.75, 3.05) is 26.2 Å². The van der Waals surface area contributed by atoms with E-state index in [1.54, 1.807) is 0 Å². The number of nitrogens with zero attached hydrogens (tertiary/aromatic N) is 2. The van der Waals surface area contributed by atoms with Crippen LogP contribution in [0.4, 0.5) is 0 Å². The highest BCUT2D eigenvalue weighted by Crippen LogP contribution is 2.22. The van der Waals surface area contributed by atoms with Crippen LogP contribution in [0.1, 0.15) is 41.0 Å². The third-order valence-electron chi connectivity index (χ3n) is 3.35. The van der Waals surface area contributed by atoms with Gasteiger partial charge in [0.1, 0.15) is 0 Å². The van der Waals surface area contributed by atoms with Gasteiger partial charge in [0, 0.05) is 31.2 Å². The first kappa shape index (κ1) is 12.0. The fraction of sp³-hybridized carbons (Fsp3) is 1.00. The molecule has 0 aromatic heterocycles. The van der Waals surface area contributed by atoms with Crippen LogP contribution in [-0.2, 0) is 0 Å². The maximum atomic E-state index is 2.67. The van der Waals surface area contributed by atoms with Gasteiger partial charge < -0.3 is 4.90 Å². The van der Waals surface area contributed by atoms with Crippen molar-refractivity contribution in [3.8, 4) is 0 Å². The Labute approximate surface area is 89.3 Å². The maximum Gasteiger partial charge on any atom is 0.0226 e. The van der Waals surface area contributed by atoms with E-state index in [2.05, 4.69) is 44.4 Å². The summed E-state index contributed by atoms with van der Waals surface area (Å²) >= 11 is 0. The molecule has 0 aromatic carbocycles. The van der Waals surface area contributed by atoms with Crippen LogP contribution in [0.15, 0.2) is 0 Å². The Kier molecular flexibility index (Phi) is 3.96. The molecule has 1 saturated heterocycles. The van der Waals surface area contributed by atoms with E-state index in [1.807, 2.05) is 0 Å². The van der Waals surface area contributed by atoms with Crippen molar-refractivity contribution in [2.24, 2.45) is 0 Å². The highest BCUT2D eigenvalue weighted by molar-refractivity contribution is 4.88. The van der Waals surface area contributed by atoms with Gasteiger partial charge in [-0.2, -0.15) is 0 Å². The largest absolute Gasteiger partial charge is 0.301 e. The van der Waals surface area contributed by atoms with E-state index in [4.69, 9.17) is 0 Å². The lowest BCUT2D eigenvalue weighted by atomic mass is 9.99. The summed E-state index contributed by atoms with van der Waals surface area (Å²) in [6, 6.07) is 0.753. The predicted octanol–water partition coefficient (Wildman–Crippen LogP) is 2.20. The Morgan fingerprint density at radius 2 is 1.79 bits per heavy atom. The van der Waals surface area contributed by atoms with Crippen molar-refractivity contribution in [2.45, 2.75) is 52.6 Å². The lowest BCUT2D eigenvalue weighted by Crippen LogP contribution is -2.58. The molecule has 0 amide bonds. The van der Waals surface area contributed by atoms with Crippen LogP contribution in [0.3, 0.4) is 0 Å². The van der Waals surface area contributed by atoms with E-state index in [0.29, 0.717) is 5.54 Å². The average molecular weight is 198 g/mol. The Balaban J connectivity index is 2.61. The fourth-order valence-corrected chi connectivity index (χ4v) is 2.44. The molecule has 1 atom stereocenters. The number of likely N-dealkylation sites (N-methyl/N-ethyl adjacent to an activating group) is 1. The molecular formula is C12H26N2. The highest BCUT2D eigenvalue weighted by Gasteiger charge is 2.32. The molecule has 1 rings (SSSR count). The van der Waals surface area contributed by atoms with Crippen LogP contribution in [0.2, 0.25) is 0 Å². The number of rotatable bonds is 2. The topological polar surface area (TPSA) is 6.48 Å². The molecule has 2 heteroatoms. The second-order valence-corrected chi connectivity index (χ2v) is 5.32. The number of hydrogen-bond acceptors (Lipinski definition) is 2. The van der Waals surface area contributed by atoms with Crippen LogP contribution in [0.25, 0.3) is 0 Å². The summed E-state index contributed by atoms with van der Waals surface area (Å²) in [5, 5.41) is 0. The molecule has 1 aliphatic heterocycles. The van der Waals surface area contributed by atoms with Gasteiger partial charge in [-0.1, -0.05) is 13.8 Å². The minimum absolute atomic E-state index is 0.334. The molecule has 0 bridgehead atoms. The minimum Gasteiger partial charge on any atom is -0.301 e. The molecule has 0 N–H and O–H groups in total. The molecule has 0 aromatic rings. The normalized spacial score (nSPS) is 26.8. The van der Waals surface area contributed by atoms with Crippen molar-refractivity contribution >= 4 is 0 Å². The summed E-state index contributed by atoms with van der Waals surface area (Å²) in [6.45, 7) is 16.5. The summed E-state index contributed by atoms with van der Waals surface area (Å²) in [4.78, 5) is 5.23. The van der Waals surface area contributed by atoms with Crippen molar-refractivity contribution in [3.63, 3.8) is 0 Å². The van der Waals surface area contributed by atoms with E-state index < -0.39 is 0 Å². The lowest BCUT2D eigenvalue weighted by Gasteiger charge is -2.47. The molecular weight excluding hydrogens is 172 g/mol. The van der Waals surface area contributed by atoms with E-state index in [1.165, 1.54) is 32.6 Å². The van der Waals surface area contributed by atoms with Crippen LogP contribution in [-0.4, -0.2) is 47.6 Å². The fourth-order valence-electron chi connectivity index (χ4n) is 2.44. The van der Waals surface area contributed by atoms with Gasteiger partial charge in [0.05, 0.1) is 0 Å². The Morgan fingerprint density at radius 1 is 1.14 bits per heavy atom. The molecule has 84 valence electrons. The summed E-state index contributed by atoms with van der Waals surface area (Å²) in [6.07, 6.45) is 1.27.